The summed E-state index contributed by atoms with van der Waals surface area (Å²) in [5, 5.41) is 11.5. The van der Waals surface area contributed by atoms with E-state index >= 15 is 0 Å². The van der Waals surface area contributed by atoms with E-state index in [1.807, 2.05) is 20.8 Å². The van der Waals surface area contributed by atoms with Crippen LogP contribution in [0, 0.1) is 0 Å². The van der Waals surface area contributed by atoms with Gasteiger partial charge in [-0.2, -0.15) is 0 Å². The number of carboxylic acids is 1. The van der Waals surface area contributed by atoms with Gasteiger partial charge in [0, 0.05) is 5.54 Å². The quantitative estimate of drug-likeness (QED) is 0.704. The summed E-state index contributed by atoms with van der Waals surface area (Å²) in [6.45, 7) is 5.61. The summed E-state index contributed by atoms with van der Waals surface area (Å²) in [5.41, 5.74) is -0.318. The Kier molecular flexibility index (Phi) is 3.34. The lowest BCUT2D eigenvalue weighted by Crippen LogP contribution is -2.46. The third-order valence-corrected chi connectivity index (χ3v) is 2.09. The molecule has 1 aliphatic rings. The van der Waals surface area contributed by atoms with Gasteiger partial charge in [-0.1, -0.05) is 0 Å². The maximum Gasteiger partial charge on any atom is 0.332 e. The number of carbonyl (C=O) groups excluding carboxylic acids is 1. The van der Waals surface area contributed by atoms with Crippen LogP contribution in [0.3, 0.4) is 0 Å². The maximum absolute atomic E-state index is 11.6. The zero-order chi connectivity index (χ0) is 11.6. The molecule has 0 aromatic heterocycles. The van der Waals surface area contributed by atoms with Crippen LogP contribution in [0.4, 0.5) is 0 Å². The molecule has 0 aliphatic carbocycles. The van der Waals surface area contributed by atoms with Crippen molar-refractivity contribution < 1.29 is 19.4 Å². The van der Waals surface area contributed by atoms with Crippen molar-refractivity contribution in [2.24, 2.45) is 0 Å². The summed E-state index contributed by atoms with van der Waals surface area (Å²) < 4.78 is 5.12. The SMILES string of the molecule is CC(C)(C)NC(=O)C1CCC(C(=O)O)O1. The predicted molar refractivity (Wildman–Crippen MR) is 53.4 cm³/mol. The lowest BCUT2D eigenvalue weighted by Gasteiger charge is -2.22. The first-order valence-corrected chi connectivity index (χ1v) is 5.00. The highest BCUT2D eigenvalue weighted by Gasteiger charge is 2.35. The van der Waals surface area contributed by atoms with E-state index in [-0.39, 0.29) is 11.4 Å². The third-order valence-electron chi connectivity index (χ3n) is 2.09. The van der Waals surface area contributed by atoms with Gasteiger partial charge in [0.1, 0.15) is 6.10 Å². The minimum absolute atomic E-state index is 0.230. The summed E-state index contributed by atoms with van der Waals surface area (Å²) in [4.78, 5) is 22.2. The van der Waals surface area contributed by atoms with E-state index in [1.165, 1.54) is 0 Å². The number of aliphatic carboxylic acids is 1. The summed E-state index contributed by atoms with van der Waals surface area (Å²) in [6.07, 6.45) is -0.581. The fourth-order valence-corrected chi connectivity index (χ4v) is 1.46. The summed E-state index contributed by atoms with van der Waals surface area (Å²) in [7, 11) is 0. The van der Waals surface area contributed by atoms with Crippen molar-refractivity contribution in [1.82, 2.24) is 5.32 Å². The molecule has 2 N–H and O–H groups in total. The average molecular weight is 215 g/mol. The highest BCUT2D eigenvalue weighted by Crippen LogP contribution is 2.20. The Labute approximate surface area is 88.8 Å². The van der Waals surface area contributed by atoms with Gasteiger partial charge in [0.2, 0.25) is 5.91 Å². The van der Waals surface area contributed by atoms with Gasteiger partial charge in [-0.3, -0.25) is 4.79 Å². The summed E-state index contributed by atoms with van der Waals surface area (Å²) >= 11 is 0. The van der Waals surface area contributed by atoms with E-state index < -0.39 is 18.2 Å². The van der Waals surface area contributed by atoms with E-state index in [1.54, 1.807) is 0 Å². The van der Waals surface area contributed by atoms with E-state index in [9.17, 15) is 9.59 Å². The van der Waals surface area contributed by atoms with Crippen molar-refractivity contribution in [2.75, 3.05) is 0 Å². The molecule has 1 saturated heterocycles. The van der Waals surface area contributed by atoms with Crippen LogP contribution in [-0.4, -0.2) is 34.7 Å². The average Bonchev–Trinajstić information content (AvgIpc) is 2.47. The zero-order valence-electron chi connectivity index (χ0n) is 9.24. The first kappa shape index (κ1) is 12.0. The molecular formula is C10H17NO4. The molecule has 2 unspecified atom stereocenters. The molecule has 5 heteroatoms. The molecule has 0 bridgehead atoms. The molecule has 0 spiro atoms. The monoisotopic (exact) mass is 215 g/mol. The smallest absolute Gasteiger partial charge is 0.332 e. The predicted octanol–water partition coefficient (Wildman–Crippen LogP) is 0.533. The van der Waals surface area contributed by atoms with E-state index in [0.717, 1.165) is 0 Å². The number of carboxylic acid groups (broad SMARTS) is 1. The number of nitrogens with one attached hydrogen (secondary N) is 1. The highest BCUT2D eigenvalue weighted by molar-refractivity contribution is 5.83. The fraction of sp³-hybridized carbons (Fsp3) is 0.800. The topological polar surface area (TPSA) is 75.6 Å². The standard InChI is InChI=1S/C10H17NO4/c1-10(2,3)11-8(12)6-4-5-7(15-6)9(13)14/h6-7H,4-5H2,1-3H3,(H,11,12)(H,13,14). The largest absolute Gasteiger partial charge is 0.479 e. The molecule has 1 fully saturated rings. The van der Waals surface area contributed by atoms with E-state index in [0.29, 0.717) is 12.8 Å². The van der Waals surface area contributed by atoms with E-state index in [2.05, 4.69) is 5.32 Å². The lowest BCUT2D eigenvalue weighted by atomic mass is 10.1. The molecule has 0 aromatic rings. The molecule has 15 heavy (non-hydrogen) atoms. The van der Waals surface area contributed by atoms with Gasteiger partial charge >= 0.3 is 5.97 Å². The first-order chi connectivity index (χ1) is 6.79. The fourth-order valence-electron chi connectivity index (χ4n) is 1.46. The Morgan fingerprint density at radius 3 is 2.20 bits per heavy atom. The van der Waals surface area contributed by atoms with Gasteiger partial charge in [0.05, 0.1) is 0 Å². The summed E-state index contributed by atoms with van der Waals surface area (Å²) in [6, 6.07) is 0. The Morgan fingerprint density at radius 2 is 1.80 bits per heavy atom. The van der Waals surface area contributed by atoms with Gasteiger partial charge in [-0.15, -0.1) is 0 Å². The van der Waals surface area contributed by atoms with Crippen LogP contribution >= 0.6 is 0 Å². The number of hydrogen-bond acceptors (Lipinski definition) is 3. The van der Waals surface area contributed by atoms with Crippen molar-refractivity contribution >= 4 is 11.9 Å². The van der Waals surface area contributed by atoms with Crippen molar-refractivity contribution in [3.05, 3.63) is 0 Å². The van der Waals surface area contributed by atoms with Crippen LogP contribution in [0.5, 0.6) is 0 Å². The molecule has 1 aliphatic heterocycles. The van der Waals surface area contributed by atoms with E-state index in [4.69, 9.17) is 9.84 Å². The molecule has 86 valence electrons. The maximum atomic E-state index is 11.6. The molecular weight excluding hydrogens is 198 g/mol. The minimum Gasteiger partial charge on any atom is -0.479 e. The molecule has 1 rings (SSSR count). The lowest BCUT2D eigenvalue weighted by molar-refractivity contribution is -0.152. The molecule has 0 radical (unpaired) electrons. The molecule has 2 atom stereocenters. The normalized spacial score (nSPS) is 26.3. The molecule has 5 nitrogen and oxygen atoms in total. The van der Waals surface area contributed by atoms with Gasteiger partial charge < -0.3 is 15.2 Å². The van der Waals surface area contributed by atoms with Crippen molar-refractivity contribution in [3.8, 4) is 0 Å². The van der Waals surface area contributed by atoms with Gasteiger partial charge in [-0.05, 0) is 33.6 Å². The second kappa shape index (κ2) is 4.18. The third kappa shape index (κ3) is 3.51. The van der Waals surface area contributed by atoms with Crippen LogP contribution in [0.1, 0.15) is 33.6 Å². The van der Waals surface area contributed by atoms with Crippen LogP contribution in [0.25, 0.3) is 0 Å². The number of hydrogen-bond donors (Lipinski definition) is 2. The Balaban J connectivity index is 2.47. The molecule has 0 aromatic carbocycles. The summed E-state index contributed by atoms with van der Waals surface area (Å²) in [5.74, 6) is -1.23. The van der Waals surface area contributed by atoms with Gasteiger partial charge in [-0.25, -0.2) is 4.79 Å². The molecule has 1 amide bonds. The molecule has 0 saturated carbocycles. The van der Waals surface area contributed by atoms with Crippen LogP contribution in [0.15, 0.2) is 0 Å². The molecule has 1 heterocycles. The second-order valence-electron chi connectivity index (χ2n) is 4.77. The highest BCUT2D eigenvalue weighted by atomic mass is 16.5. The minimum atomic E-state index is -0.999. The number of ether oxygens (including phenoxy) is 1. The van der Waals surface area contributed by atoms with Crippen molar-refractivity contribution in [3.63, 3.8) is 0 Å². The Bertz CT molecular complexity index is 269. The number of amides is 1. The van der Waals surface area contributed by atoms with Crippen LogP contribution in [0.2, 0.25) is 0 Å². The second-order valence-corrected chi connectivity index (χ2v) is 4.77. The zero-order valence-corrected chi connectivity index (χ0v) is 9.24. The first-order valence-electron chi connectivity index (χ1n) is 5.00. The Morgan fingerprint density at radius 1 is 1.27 bits per heavy atom. The van der Waals surface area contributed by atoms with Gasteiger partial charge in [0.25, 0.3) is 0 Å². The van der Waals surface area contributed by atoms with Crippen molar-refractivity contribution in [2.45, 2.75) is 51.4 Å². The van der Waals surface area contributed by atoms with Gasteiger partial charge in [0.15, 0.2) is 6.10 Å². The number of carbonyl (C=O) groups is 2. The Hall–Kier alpha value is -1.10. The van der Waals surface area contributed by atoms with Crippen LogP contribution < -0.4 is 5.32 Å². The number of rotatable bonds is 2. The van der Waals surface area contributed by atoms with Crippen molar-refractivity contribution in [1.29, 1.82) is 0 Å². The van der Waals surface area contributed by atoms with Crippen LogP contribution in [-0.2, 0) is 14.3 Å².